The predicted molar refractivity (Wildman–Crippen MR) is 71.8 cm³/mol. The van der Waals surface area contributed by atoms with E-state index in [0.717, 1.165) is 32.5 Å². The van der Waals surface area contributed by atoms with Gasteiger partial charge in [-0.05, 0) is 12.8 Å². The van der Waals surface area contributed by atoms with Gasteiger partial charge in [-0.1, -0.05) is 20.3 Å². The number of rotatable bonds is 12. The molecular formula is C13H30O5. The standard InChI is InChI=1S/C7H16O3.C6H14O2/c1-2-4-9-6-7-10-5-3-8;1-2-3-5-8-6-4-7/h8H,2-7H2,1H3;7H,2-6H2,1H3. The molecule has 2 N–H and O–H groups in total. The second kappa shape index (κ2) is 22.0. The Labute approximate surface area is 111 Å². The third-order valence-electron chi connectivity index (χ3n) is 1.83. The van der Waals surface area contributed by atoms with Crippen LogP contribution in [0.1, 0.15) is 33.1 Å². The molecule has 0 aromatic carbocycles. The second-order valence-corrected chi connectivity index (χ2v) is 3.64. The zero-order valence-corrected chi connectivity index (χ0v) is 11.9. The highest BCUT2D eigenvalue weighted by Crippen LogP contribution is 1.85. The van der Waals surface area contributed by atoms with Crippen LogP contribution in [-0.4, -0.2) is 63.1 Å². The van der Waals surface area contributed by atoms with Crippen LogP contribution in [0.2, 0.25) is 0 Å². The maximum Gasteiger partial charge on any atom is 0.0701 e. The van der Waals surface area contributed by atoms with Gasteiger partial charge in [0.15, 0.2) is 0 Å². The molecule has 0 aromatic heterocycles. The van der Waals surface area contributed by atoms with Crippen LogP contribution < -0.4 is 0 Å². The van der Waals surface area contributed by atoms with Gasteiger partial charge in [-0.25, -0.2) is 0 Å². The summed E-state index contributed by atoms with van der Waals surface area (Å²) in [5, 5.41) is 16.5. The highest BCUT2D eigenvalue weighted by Gasteiger charge is 1.86. The monoisotopic (exact) mass is 266 g/mol. The van der Waals surface area contributed by atoms with Crippen molar-refractivity contribution in [2.75, 3.05) is 52.9 Å². The molecule has 0 aliphatic carbocycles. The normalized spacial score (nSPS) is 10.0. The van der Waals surface area contributed by atoms with Crippen molar-refractivity contribution >= 4 is 0 Å². The molecule has 0 saturated carbocycles. The molecule has 0 aliphatic rings. The zero-order chi connectivity index (χ0) is 13.9. The molecule has 0 heterocycles. The summed E-state index contributed by atoms with van der Waals surface area (Å²) in [6.07, 6.45) is 3.30. The van der Waals surface area contributed by atoms with Crippen LogP contribution in [-0.2, 0) is 14.2 Å². The van der Waals surface area contributed by atoms with Crippen molar-refractivity contribution in [2.24, 2.45) is 0 Å². The van der Waals surface area contributed by atoms with Crippen molar-refractivity contribution in [1.82, 2.24) is 0 Å². The van der Waals surface area contributed by atoms with E-state index >= 15 is 0 Å². The van der Waals surface area contributed by atoms with Crippen molar-refractivity contribution in [3.8, 4) is 0 Å². The van der Waals surface area contributed by atoms with Crippen LogP contribution in [0.5, 0.6) is 0 Å². The minimum absolute atomic E-state index is 0.0910. The van der Waals surface area contributed by atoms with Crippen LogP contribution in [0.3, 0.4) is 0 Å². The van der Waals surface area contributed by atoms with Crippen molar-refractivity contribution in [3.63, 3.8) is 0 Å². The molecule has 5 heteroatoms. The average Bonchev–Trinajstić information content (AvgIpc) is 2.40. The van der Waals surface area contributed by atoms with Crippen molar-refractivity contribution in [3.05, 3.63) is 0 Å². The molecule has 0 bridgehead atoms. The lowest BCUT2D eigenvalue weighted by Crippen LogP contribution is -2.07. The summed E-state index contributed by atoms with van der Waals surface area (Å²) in [5.74, 6) is 0. The first-order valence-electron chi connectivity index (χ1n) is 6.78. The first kappa shape index (κ1) is 20.1. The fourth-order valence-corrected chi connectivity index (χ4v) is 0.944. The summed E-state index contributed by atoms with van der Waals surface area (Å²) < 4.78 is 15.1. The molecule has 112 valence electrons. The van der Waals surface area contributed by atoms with Gasteiger partial charge in [-0.2, -0.15) is 0 Å². The molecule has 0 aromatic rings. The molecule has 0 aliphatic heterocycles. The SMILES string of the molecule is CCCCOCCO.CCCOCCOCCO. The first-order valence-corrected chi connectivity index (χ1v) is 6.78. The Morgan fingerprint density at radius 2 is 1.11 bits per heavy atom. The number of aliphatic hydroxyl groups is 2. The van der Waals surface area contributed by atoms with E-state index in [4.69, 9.17) is 24.4 Å². The molecule has 0 amide bonds. The van der Waals surface area contributed by atoms with E-state index in [-0.39, 0.29) is 13.2 Å². The number of hydrogen-bond acceptors (Lipinski definition) is 5. The Balaban J connectivity index is 0. The largest absolute Gasteiger partial charge is 0.394 e. The Morgan fingerprint density at radius 1 is 0.611 bits per heavy atom. The molecule has 18 heavy (non-hydrogen) atoms. The lowest BCUT2D eigenvalue weighted by atomic mass is 10.4. The second-order valence-electron chi connectivity index (χ2n) is 3.64. The van der Waals surface area contributed by atoms with E-state index in [1.807, 2.05) is 0 Å². The van der Waals surface area contributed by atoms with Crippen molar-refractivity contribution in [2.45, 2.75) is 33.1 Å². The van der Waals surface area contributed by atoms with Gasteiger partial charge in [0.25, 0.3) is 0 Å². The van der Waals surface area contributed by atoms with Gasteiger partial charge in [0.1, 0.15) is 0 Å². The molecule has 0 fully saturated rings. The topological polar surface area (TPSA) is 68.2 Å². The maximum absolute atomic E-state index is 8.30. The number of ether oxygens (including phenoxy) is 3. The third-order valence-corrected chi connectivity index (χ3v) is 1.83. The Hall–Kier alpha value is -0.200. The summed E-state index contributed by atoms with van der Waals surface area (Å²) in [5.41, 5.74) is 0. The van der Waals surface area contributed by atoms with E-state index in [2.05, 4.69) is 13.8 Å². The highest BCUT2D eigenvalue weighted by molar-refractivity contribution is 4.31. The molecule has 0 unspecified atom stereocenters. The summed E-state index contributed by atoms with van der Waals surface area (Å²) in [6.45, 7) is 8.11. The molecule has 0 radical (unpaired) electrons. The van der Waals surface area contributed by atoms with Crippen molar-refractivity contribution < 1.29 is 24.4 Å². The molecule has 0 spiro atoms. The fourth-order valence-electron chi connectivity index (χ4n) is 0.944. The van der Waals surface area contributed by atoms with Gasteiger partial charge in [-0.3, -0.25) is 0 Å². The van der Waals surface area contributed by atoms with Crippen LogP contribution >= 0.6 is 0 Å². The van der Waals surface area contributed by atoms with Crippen molar-refractivity contribution in [1.29, 1.82) is 0 Å². The van der Waals surface area contributed by atoms with Gasteiger partial charge in [-0.15, -0.1) is 0 Å². The Kier molecular flexibility index (Phi) is 24.6. The Morgan fingerprint density at radius 3 is 1.56 bits per heavy atom. The van der Waals surface area contributed by atoms with E-state index < -0.39 is 0 Å². The lowest BCUT2D eigenvalue weighted by molar-refractivity contribution is 0.0333. The van der Waals surface area contributed by atoms with E-state index in [9.17, 15) is 0 Å². The van der Waals surface area contributed by atoms with Crippen LogP contribution in [0.4, 0.5) is 0 Å². The maximum atomic E-state index is 8.30. The number of hydrogen-bond donors (Lipinski definition) is 2. The predicted octanol–water partition coefficient (Wildman–Crippen LogP) is 1.22. The zero-order valence-electron chi connectivity index (χ0n) is 11.9. The molecule has 0 rings (SSSR count). The van der Waals surface area contributed by atoms with Gasteiger partial charge < -0.3 is 24.4 Å². The number of aliphatic hydroxyl groups excluding tert-OH is 2. The summed E-state index contributed by atoms with van der Waals surface area (Å²) in [7, 11) is 0. The minimum Gasteiger partial charge on any atom is -0.394 e. The van der Waals surface area contributed by atoms with Gasteiger partial charge in [0.2, 0.25) is 0 Å². The van der Waals surface area contributed by atoms with E-state index in [0.29, 0.717) is 26.4 Å². The smallest absolute Gasteiger partial charge is 0.0701 e. The molecule has 0 atom stereocenters. The summed E-state index contributed by atoms with van der Waals surface area (Å²) in [4.78, 5) is 0. The van der Waals surface area contributed by atoms with Crippen LogP contribution in [0, 0.1) is 0 Å². The third kappa shape index (κ3) is 24.9. The minimum atomic E-state index is 0.0910. The lowest BCUT2D eigenvalue weighted by Gasteiger charge is -2.02. The average molecular weight is 266 g/mol. The highest BCUT2D eigenvalue weighted by atomic mass is 16.5. The molecule has 5 nitrogen and oxygen atoms in total. The van der Waals surface area contributed by atoms with Gasteiger partial charge >= 0.3 is 0 Å². The Bertz CT molecular complexity index is 108. The molecule has 0 saturated heterocycles. The van der Waals surface area contributed by atoms with E-state index in [1.54, 1.807) is 0 Å². The summed E-state index contributed by atoms with van der Waals surface area (Å²) in [6, 6.07) is 0. The molecular weight excluding hydrogens is 236 g/mol. The first-order chi connectivity index (χ1) is 8.83. The van der Waals surface area contributed by atoms with Crippen LogP contribution in [0.15, 0.2) is 0 Å². The van der Waals surface area contributed by atoms with Gasteiger partial charge in [0.05, 0.1) is 39.6 Å². The van der Waals surface area contributed by atoms with Crippen LogP contribution in [0.25, 0.3) is 0 Å². The van der Waals surface area contributed by atoms with Gasteiger partial charge in [0, 0.05) is 13.2 Å². The summed E-state index contributed by atoms with van der Waals surface area (Å²) >= 11 is 0. The number of unbranched alkanes of at least 4 members (excludes halogenated alkanes) is 1. The van der Waals surface area contributed by atoms with E-state index in [1.165, 1.54) is 0 Å². The quantitative estimate of drug-likeness (QED) is 0.520. The fraction of sp³-hybridized carbons (Fsp3) is 1.00.